The Kier molecular flexibility index (Phi) is 6.20. The van der Waals surface area contributed by atoms with Gasteiger partial charge < -0.3 is 24.6 Å². The number of hydrogen-bond donors (Lipinski definition) is 1. The van der Waals surface area contributed by atoms with E-state index < -0.39 is 0 Å². The molecule has 2 saturated heterocycles. The van der Waals surface area contributed by atoms with Crippen LogP contribution in [-0.2, 0) is 9.47 Å². The molecule has 1 aromatic heterocycles. The Morgan fingerprint density at radius 2 is 2.04 bits per heavy atom. The Labute approximate surface area is 142 Å². The van der Waals surface area contributed by atoms with Crippen molar-refractivity contribution >= 4 is 11.9 Å². The van der Waals surface area contributed by atoms with Gasteiger partial charge in [0.1, 0.15) is 6.10 Å². The summed E-state index contributed by atoms with van der Waals surface area (Å²) in [4.78, 5) is 17.9. The average Bonchev–Trinajstić information content (AvgIpc) is 2.67. The molecule has 0 aromatic carbocycles. The first-order valence-corrected chi connectivity index (χ1v) is 8.61. The lowest BCUT2D eigenvalue weighted by Gasteiger charge is -2.36. The number of aromatic nitrogens is 2. The number of rotatable bonds is 4. The second-order valence-corrected chi connectivity index (χ2v) is 5.79. The summed E-state index contributed by atoms with van der Waals surface area (Å²) < 4.78 is 11.1. The fourth-order valence-corrected chi connectivity index (χ4v) is 2.83. The van der Waals surface area contributed by atoms with E-state index in [2.05, 4.69) is 32.0 Å². The van der Waals surface area contributed by atoms with E-state index in [4.69, 9.17) is 14.5 Å². The molecule has 0 saturated carbocycles. The first kappa shape index (κ1) is 16.9. The Morgan fingerprint density at radius 1 is 1.25 bits per heavy atom. The molecule has 2 aliphatic rings. The van der Waals surface area contributed by atoms with Crippen molar-refractivity contribution < 1.29 is 9.47 Å². The lowest BCUT2D eigenvalue weighted by atomic mass is 10.3. The van der Waals surface area contributed by atoms with Crippen molar-refractivity contribution in [1.82, 2.24) is 20.2 Å². The van der Waals surface area contributed by atoms with Gasteiger partial charge in [-0.2, -0.15) is 0 Å². The third-order valence-corrected chi connectivity index (χ3v) is 4.08. The summed E-state index contributed by atoms with van der Waals surface area (Å²) in [6, 6.07) is 1.84. The van der Waals surface area contributed by atoms with Crippen molar-refractivity contribution in [1.29, 1.82) is 0 Å². The molecule has 3 heterocycles. The van der Waals surface area contributed by atoms with Crippen LogP contribution in [0.25, 0.3) is 0 Å². The van der Waals surface area contributed by atoms with Crippen LogP contribution in [0.3, 0.4) is 0 Å². The molecular weight excluding hydrogens is 308 g/mol. The molecule has 132 valence electrons. The molecule has 24 heavy (non-hydrogen) atoms. The van der Waals surface area contributed by atoms with Gasteiger partial charge in [0.2, 0.25) is 5.95 Å². The van der Waals surface area contributed by atoms with Gasteiger partial charge in [0.05, 0.1) is 26.4 Å². The predicted octanol–water partition coefficient (Wildman–Crippen LogP) is -0.0205. The zero-order valence-corrected chi connectivity index (χ0v) is 14.2. The van der Waals surface area contributed by atoms with Crippen LogP contribution < -0.4 is 10.2 Å². The molecule has 0 aliphatic carbocycles. The van der Waals surface area contributed by atoms with Crippen molar-refractivity contribution in [3.05, 3.63) is 18.5 Å². The highest BCUT2D eigenvalue weighted by Crippen LogP contribution is 2.10. The highest BCUT2D eigenvalue weighted by atomic mass is 16.6. The molecule has 0 bridgehead atoms. The van der Waals surface area contributed by atoms with Crippen molar-refractivity contribution in [2.24, 2.45) is 4.99 Å². The molecule has 1 N–H and O–H groups in total. The number of hydrogen-bond acceptors (Lipinski definition) is 6. The second kappa shape index (κ2) is 8.79. The third-order valence-electron chi connectivity index (χ3n) is 4.08. The van der Waals surface area contributed by atoms with Gasteiger partial charge in [0.15, 0.2) is 5.96 Å². The Balaban J connectivity index is 1.54. The number of ether oxygens (including phenoxy) is 2. The predicted molar refractivity (Wildman–Crippen MR) is 92.4 cm³/mol. The monoisotopic (exact) mass is 334 g/mol. The minimum absolute atomic E-state index is 0.0615. The Bertz CT molecular complexity index is 513. The maximum Gasteiger partial charge on any atom is 0.225 e. The Morgan fingerprint density at radius 3 is 2.71 bits per heavy atom. The van der Waals surface area contributed by atoms with Gasteiger partial charge in [0.25, 0.3) is 0 Å². The lowest BCUT2D eigenvalue weighted by molar-refractivity contribution is -0.0833. The van der Waals surface area contributed by atoms with Gasteiger partial charge in [-0.05, 0) is 13.0 Å². The molecule has 2 aliphatic heterocycles. The van der Waals surface area contributed by atoms with Gasteiger partial charge in [-0.25, -0.2) is 9.97 Å². The highest BCUT2D eigenvalue weighted by Gasteiger charge is 2.22. The summed E-state index contributed by atoms with van der Waals surface area (Å²) >= 11 is 0. The van der Waals surface area contributed by atoms with Crippen molar-refractivity contribution in [3.8, 4) is 0 Å². The molecule has 1 aromatic rings. The van der Waals surface area contributed by atoms with Crippen LogP contribution in [0, 0.1) is 0 Å². The van der Waals surface area contributed by atoms with Crippen LogP contribution in [0.5, 0.6) is 0 Å². The number of anilines is 1. The standard InChI is InChI=1S/C16H26N6O2/c1-2-17-15(20-12-14-13-23-10-11-24-14)21-6-8-22(9-7-21)16-18-4-3-5-19-16/h3-5,14H,2,6-13H2,1H3,(H,17,20). The zero-order valence-electron chi connectivity index (χ0n) is 14.2. The minimum Gasteiger partial charge on any atom is -0.376 e. The topological polar surface area (TPSA) is 75.1 Å². The van der Waals surface area contributed by atoms with E-state index in [0.717, 1.165) is 44.6 Å². The molecule has 0 amide bonds. The van der Waals surface area contributed by atoms with Crippen LogP contribution in [0.4, 0.5) is 5.95 Å². The number of nitrogens with zero attached hydrogens (tertiary/aromatic N) is 5. The lowest BCUT2D eigenvalue weighted by Crippen LogP contribution is -2.53. The van der Waals surface area contributed by atoms with Crippen LogP contribution in [0.15, 0.2) is 23.5 Å². The smallest absolute Gasteiger partial charge is 0.225 e. The fourth-order valence-electron chi connectivity index (χ4n) is 2.83. The van der Waals surface area contributed by atoms with Gasteiger partial charge in [-0.3, -0.25) is 4.99 Å². The normalized spacial score (nSPS) is 22.5. The van der Waals surface area contributed by atoms with Crippen LogP contribution in [0.1, 0.15) is 6.92 Å². The molecule has 2 fully saturated rings. The molecule has 0 radical (unpaired) electrons. The van der Waals surface area contributed by atoms with Gasteiger partial charge in [-0.1, -0.05) is 0 Å². The molecule has 8 heteroatoms. The van der Waals surface area contributed by atoms with E-state index in [0.29, 0.717) is 26.4 Å². The number of guanidine groups is 1. The summed E-state index contributed by atoms with van der Waals surface area (Å²) in [6.07, 6.45) is 3.63. The van der Waals surface area contributed by atoms with Crippen LogP contribution in [0.2, 0.25) is 0 Å². The molecule has 8 nitrogen and oxygen atoms in total. The summed E-state index contributed by atoms with van der Waals surface area (Å²) in [5.41, 5.74) is 0. The summed E-state index contributed by atoms with van der Waals surface area (Å²) in [7, 11) is 0. The average molecular weight is 334 g/mol. The summed E-state index contributed by atoms with van der Waals surface area (Å²) in [6.45, 7) is 9.10. The first-order valence-electron chi connectivity index (χ1n) is 8.61. The fraction of sp³-hybridized carbons (Fsp3) is 0.688. The summed E-state index contributed by atoms with van der Waals surface area (Å²) in [5, 5.41) is 3.38. The van der Waals surface area contributed by atoms with Crippen molar-refractivity contribution in [2.45, 2.75) is 13.0 Å². The minimum atomic E-state index is 0.0615. The van der Waals surface area contributed by atoms with Crippen molar-refractivity contribution in [2.75, 3.05) is 64.0 Å². The first-order chi connectivity index (χ1) is 11.9. The molecule has 3 rings (SSSR count). The van der Waals surface area contributed by atoms with Gasteiger partial charge >= 0.3 is 0 Å². The molecule has 0 spiro atoms. The zero-order chi connectivity index (χ0) is 16.6. The highest BCUT2D eigenvalue weighted by molar-refractivity contribution is 5.80. The number of aliphatic imine (C=N–C) groups is 1. The van der Waals surface area contributed by atoms with E-state index in [1.807, 2.05) is 6.07 Å². The third kappa shape index (κ3) is 4.55. The number of nitrogens with one attached hydrogen (secondary N) is 1. The maximum absolute atomic E-state index is 5.67. The Hall–Kier alpha value is -1.93. The van der Waals surface area contributed by atoms with E-state index in [1.165, 1.54) is 0 Å². The van der Waals surface area contributed by atoms with E-state index >= 15 is 0 Å². The maximum atomic E-state index is 5.67. The number of piperazine rings is 1. The van der Waals surface area contributed by atoms with Gasteiger partial charge in [-0.15, -0.1) is 0 Å². The van der Waals surface area contributed by atoms with Gasteiger partial charge in [0, 0.05) is 45.1 Å². The summed E-state index contributed by atoms with van der Waals surface area (Å²) in [5.74, 6) is 1.74. The second-order valence-electron chi connectivity index (χ2n) is 5.79. The quantitative estimate of drug-likeness (QED) is 0.613. The van der Waals surface area contributed by atoms with Crippen LogP contribution in [-0.4, -0.2) is 86.0 Å². The van der Waals surface area contributed by atoms with E-state index in [-0.39, 0.29) is 6.10 Å². The van der Waals surface area contributed by atoms with Crippen molar-refractivity contribution in [3.63, 3.8) is 0 Å². The van der Waals surface area contributed by atoms with Crippen LogP contribution >= 0.6 is 0 Å². The molecule has 1 unspecified atom stereocenters. The molecular formula is C16H26N6O2. The SMILES string of the molecule is CCNC(=NCC1COCCO1)N1CCN(c2ncccn2)CC1. The van der Waals surface area contributed by atoms with E-state index in [1.54, 1.807) is 12.4 Å². The van der Waals surface area contributed by atoms with E-state index in [9.17, 15) is 0 Å². The largest absolute Gasteiger partial charge is 0.376 e. The molecule has 1 atom stereocenters.